The largest absolute Gasteiger partial charge is 0.480 e. The van der Waals surface area contributed by atoms with E-state index in [1.807, 2.05) is 51.9 Å². The molecule has 106 valence electrons. The molecule has 4 heteroatoms. The number of benzene rings is 1. The second kappa shape index (κ2) is 6.68. The highest BCUT2D eigenvalue weighted by molar-refractivity contribution is 5.76. The summed E-state index contributed by atoms with van der Waals surface area (Å²) in [7, 11) is 3.94. The Morgan fingerprint density at radius 1 is 1.21 bits per heavy atom. The van der Waals surface area contributed by atoms with Gasteiger partial charge in [0.25, 0.3) is 0 Å². The molecule has 0 aliphatic heterocycles. The molecule has 1 unspecified atom stereocenters. The SMILES string of the molecule is Cc1cc(C)c(C(NCCN(C)C)C(=O)O)cc1C. The number of carboxylic acids is 1. The molecule has 2 N–H and O–H groups in total. The molecule has 4 nitrogen and oxygen atoms in total. The zero-order chi connectivity index (χ0) is 14.6. The van der Waals surface area contributed by atoms with Crippen LogP contribution < -0.4 is 5.32 Å². The van der Waals surface area contributed by atoms with Crippen molar-refractivity contribution >= 4 is 5.97 Å². The fourth-order valence-corrected chi connectivity index (χ4v) is 2.06. The van der Waals surface area contributed by atoms with Crippen LogP contribution in [0.15, 0.2) is 12.1 Å². The van der Waals surface area contributed by atoms with Gasteiger partial charge < -0.3 is 10.0 Å². The smallest absolute Gasteiger partial charge is 0.325 e. The zero-order valence-electron chi connectivity index (χ0n) is 12.4. The van der Waals surface area contributed by atoms with Crippen LogP contribution >= 0.6 is 0 Å². The molecule has 1 rings (SSSR count). The molecule has 1 atom stereocenters. The van der Waals surface area contributed by atoms with Gasteiger partial charge in [-0.05, 0) is 57.1 Å². The average Bonchev–Trinajstić information content (AvgIpc) is 2.29. The standard InChI is InChI=1S/C15H24N2O2/c1-10-8-12(3)13(9-11(10)2)14(15(18)19)16-6-7-17(4)5/h8-9,14,16H,6-7H2,1-5H3,(H,18,19). The summed E-state index contributed by atoms with van der Waals surface area (Å²) in [5.74, 6) is -0.829. The third kappa shape index (κ3) is 4.33. The van der Waals surface area contributed by atoms with Crippen LogP contribution in [0.2, 0.25) is 0 Å². The first-order valence-electron chi connectivity index (χ1n) is 6.51. The summed E-state index contributed by atoms with van der Waals surface area (Å²) in [6.45, 7) is 7.48. The minimum Gasteiger partial charge on any atom is -0.480 e. The highest BCUT2D eigenvalue weighted by Crippen LogP contribution is 2.22. The van der Waals surface area contributed by atoms with E-state index in [9.17, 15) is 9.90 Å². The highest BCUT2D eigenvalue weighted by Gasteiger charge is 2.21. The number of nitrogens with zero attached hydrogens (tertiary/aromatic N) is 1. The molecule has 0 radical (unpaired) electrons. The van der Waals surface area contributed by atoms with Crippen LogP contribution in [-0.2, 0) is 4.79 Å². The van der Waals surface area contributed by atoms with Crippen LogP contribution in [-0.4, -0.2) is 43.2 Å². The van der Waals surface area contributed by atoms with Crippen molar-refractivity contribution in [1.82, 2.24) is 10.2 Å². The predicted octanol–water partition coefficient (Wildman–Crippen LogP) is 1.89. The molecule has 0 aromatic heterocycles. The number of rotatable bonds is 6. The number of nitrogens with one attached hydrogen (secondary N) is 1. The van der Waals surface area contributed by atoms with Gasteiger partial charge in [0.05, 0.1) is 0 Å². The van der Waals surface area contributed by atoms with Gasteiger partial charge >= 0.3 is 5.97 Å². The third-order valence-electron chi connectivity index (χ3n) is 3.35. The number of aryl methyl sites for hydroxylation is 3. The summed E-state index contributed by atoms with van der Waals surface area (Å²) in [6.07, 6.45) is 0. The minimum atomic E-state index is -0.829. The predicted molar refractivity (Wildman–Crippen MR) is 77.6 cm³/mol. The monoisotopic (exact) mass is 264 g/mol. The Morgan fingerprint density at radius 2 is 1.79 bits per heavy atom. The quantitative estimate of drug-likeness (QED) is 0.824. The summed E-state index contributed by atoms with van der Waals surface area (Å²) in [5.41, 5.74) is 4.20. The molecule has 0 saturated carbocycles. The van der Waals surface area contributed by atoms with Gasteiger partial charge in [0.1, 0.15) is 6.04 Å². The molecule has 0 heterocycles. The van der Waals surface area contributed by atoms with Gasteiger partial charge in [-0.3, -0.25) is 10.1 Å². The number of likely N-dealkylation sites (N-methyl/N-ethyl adjacent to an activating group) is 1. The molecule has 1 aromatic rings. The van der Waals surface area contributed by atoms with Gasteiger partial charge in [0.2, 0.25) is 0 Å². The van der Waals surface area contributed by atoms with E-state index in [0.717, 1.165) is 23.2 Å². The van der Waals surface area contributed by atoms with Gasteiger partial charge in [-0.15, -0.1) is 0 Å². The van der Waals surface area contributed by atoms with Crippen LogP contribution in [0.25, 0.3) is 0 Å². The molecule has 0 fully saturated rings. The Morgan fingerprint density at radius 3 is 2.32 bits per heavy atom. The molecular formula is C15H24N2O2. The van der Waals surface area contributed by atoms with Crippen LogP contribution in [0, 0.1) is 20.8 Å². The number of carboxylic acid groups (broad SMARTS) is 1. The van der Waals surface area contributed by atoms with Gasteiger partial charge in [-0.2, -0.15) is 0 Å². The first-order chi connectivity index (χ1) is 8.82. The fourth-order valence-electron chi connectivity index (χ4n) is 2.06. The summed E-state index contributed by atoms with van der Waals surface area (Å²) < 4.78 is 0. The first-order valence-corrected chi connectivity index (χ1v) is 6.51. The molecule has 1 aromatic carbocycles. The molecule has 19 heavy (non-hydrogen) atoms. The first kappa shape index (κ1) is 15.7. The Labute approximate surface area is 115 Å². The Balaban J connectivity index is 2.93. The van der Waals surface area contributed by atoms with Crippen molar-refractivity contribution in [3.05, 3.63) is 34.4 Å². The summed E-state index contributed by atoms with van der Waals surface area (Å²) >= 11 is 0. The second-order valence-corrected chi connectivity index (χ2v) is 5.32. The lowest BCUT2D eigenvalue weighted by Gasteiger charge is -2.20. The molecule has 0 amide bonds. The fraction of sp³-hybridized carbons (Fsp3) is 0.533. The number of hydrogen-bond donors (Lipinski definition) is 2. The summed E-state index contributed by atoms with van der Waals surface area (Å²) in [4.78, 5) is 13.5. The maximum atomic E-state index is 11.4. The van der Waals surface area contributed by atoms with Crippen molar-refractivity contribution < 1.29 is 9.90 Å². The molecule has 0 saturated heterocycles. The van der Waals surface area contributed by atoms with E-state index in [1.54, 1.807) is 0 Å². The zero-order valence-corrected chi connectivity index (χ0v) is 12.4. The van der Waals surface area contributed by atoms with E-state index < -0.39 is 12.0 Å². The van der Waals surface area contributed by atoms with Crippen molar-refractivity contribution in [1.29, 1.82) is 0 Å². The highest BCUT2D eigenvalue weighted by atomic mass is 16.4. The lowest BCUT2D eigenvalue weighted by atomic mass is 9.96. The van der Waals surface area contributed by atoms with Crippen molar-refractivity contribution in [2.24, 2.45) is 0 Å². The maximum Gasteiger partial charge on any atom is 0.325 e. The van der Waals surface area contributed by atoms with E-state index in [4.69, 9.17) is 0 Å². The Hall–Kier alpha value is -1.39. The molecular weight excluding hydrogens is 240 g/mol. The summed E-state index contributed by atoms with van der Waals surface area (Å²) in [5, 5.41) is 12.5. The van der Waals surface area contributed by atoms with Crippen LogP contribution in [0.5, 0.6) is 0 Å². The topological polar surface area (TPSA) is 52.6 Å². The van der Waals surface area contributed by atoms with E-state index in [2.05, 4.69) is 5.32 Å². The second-order valence-electron chi connectivity index (χ2n) is 5.32. The molecule has 0 aliphatic carbocycles. The third-order valence-corrected chi connectivity index (χ3v) is 3.35. The van der Waals surface area contributed by atoms with Crippen LogP contribution in [0.3, 0.4) is 0 Å². The number of hydrogen-bond acceptors (Lipinski definition) is 3. The summed E-state index contributed by atoms with van der Waals surface area (Å²) in [6, 6.07) is 3.39. The normalized spacial score (nSPS) is 12.7. The van der Waals surface area contributed by atoms with Crippen molar-refractivity contribution in [3.8, 4) is 0 Å². The van der Waals surface area contributed by atoms with Crippen LogP contribution in [0.4, 0.5) is 0 Å². The van der Waals surface area contributed by atoms with E-state index >= 15 is 0 Å². The lowest BCUT2D eigenvalue weighted by Crippen LogP contribution is -2.34. The Bertz CT molecular complexity index is 456. The molecule has 0 bridgehead atoms. The van der Waals surface area contributed by atoms with Gasteiger partial charge in [0, 0.05) is 13.1 Å². The van der Waals surface area contributed by atoms with Crippen LogP contribution in [0.1, 0.15) is 28.3 Å². The van der Waals surface area contributed by atoms with E-state index in [1.165, 1.54) is 5.56 Å². The van der Waals surface area contributed by atoms with Gasteiger partial charge in [-0.1, -0.05) is 12.1 Å². The molecule has 0 aliphatic rings. The maximum absolute atomic E-state index is 11.4. The number of carbonyl (C=O) groups is 1. The van der Waals surface area contributed by atoms with Gasteiger partial charge in [-0.25, -0.2) is 0 Å². The minimum absolute atomic E-state index is 0.640. The lowest BCUT2D eigenvalue weighted by molar-refractivity contribution is -0.139. The molecule has 0 spiro atoms. The average molecular weight is 264 g/mol. The Kier molecular flexibility index (Phi) is 5.51. The van der Waals surface area contributed by atoms with Crippen molar-refractivity contribution in [2.75, 3.05) is 27.2 Å². The van der Waals surface area contributed by atoms with Crippen molar-refractivity contribution in [2.45, 2.75) is 26.8 Å². The van der Waals surface area contributed by atoms with Crippen molar-refractivity contribution in [3.63, 3.8) is 0 Å². The number of aliphatic carboxylic acids is 1. The van der Waals surface area contributed by atoms with E-state index in [-0.39, 0.29) is 0 Å². The van der Waals surface area contributed by atoms with E-state index in [0.29, 0.717) is 6.54 Å². The van der Waals surface area contributed by atoms with Gasteiger partial charge in [0.15, 0.2) is 0 Å².